The van der Waals surface area contributed by atoms with Gasteiger partial charge in [0.15, 0.2) is 5.11 Å². The Balaban J connectivity index is 1.50. The van der Waals surface area contributed by atoms with Crippen LogP contribution in [0.5, 0.6) is 5.75 Å². The summed E-state index contributed by atoms with van der Waals surface area (Å²) in [6, 6.07) is 7.45. The third-order valence-corrected chi connectivity index (χ3v) is 4.11. The fourth-order valence-electron chi connectivity index (χ4n) is 2.90. The van der Waals surface area contributed by atoms with Gasteiger partial charge in [0, 0.05) is 11.6 Å². The van der Waals surface area contributed by atoms with Crippen molar-refractivity contribution >= 4 is 23.5 Å². The molecule has 2 bridgehead atoms. The third-order valence-electron chi connectivity index (χ3n) is 3.90. The molecule has 5 heteroatoms. The molecule has 4 nitrogen and oxygen atoms in total. The smallest absolute Gasteiger partial charge is 0.187 e. The van der Waals surface area contributed by atoms with Crippen molar-refractivity contribution < 1.29 is 5.11 Å². The minimum absolute atomic E-state index is 0.204. The minimum Gasteiger partial charge on any atom is -0.507 e. The van der Waals surface area contributed by atoms with Gasteiger partial charge in [-0.3, -0.25) is 5.43 Å². The molecule has 3 atom stereocenters. The Labute approximate surface area is 123 Å². The van der Waals surface area contributed by atoms with Crippen molar-refractivity contribution in [2.45, 2.75) is 18.9 Å². The van der Waals surface area contributed by atoms with Crippen molar-refractivity contribution in [3.8, 4) is 5.75 Å². The minimum atomic E-state index is 0.204. The number of benzene rings is 1. The Morgan fingerprint density at radius 3 is 2.85 bits per heavy atom. The summed E-state index contributed by atoms with van der Waals surface area (Å²) < 4.78 is 0. The van der Waals surface area contributed by atoms with Gasteiger partial charge in [0.05, 0.1) is 6.21 Å². The van der Waals surface area contributed by atoms with E-state index >= 15 is 0 Å². The maximum atomic E-state index is 9.60. The van der Waals surface area contributed by atoms with Crippen molar-refractivity contribution in [2.24, 2.45) is 16.9 Å². The summed E-state index contributed by atoms with van der Waals surface area (Å²) in [5.41, 5.74) is 3.46. The van der Waals surface area contributed by atoms with E-state index in [1.54, 1.807) is 24.4 Å². The predicted octanol–water partition coefficient (Wildman–Crippen LogP) is 2.15. The molecule has 104 valence electrons. The van der Waals surface area contributed by atoms with Gasteiger partial charge in [0.2, 0.25) is 0 Å². The van der Waals surface area contributed by atoms with Gasteiger partial charge in [-0.15, -0.1) is 0 Å². The topological polar surface area (TPSA) is 56.7 Å². The van der Waals surface area contributed by atoms with E-state index in [0.717, 1.165) is 6.42 Å². The predicted molar refractivity (Wildman–Crippen MR) is 83.7 cm³/mol. The first-order chi connectivity index (χ1) is 9.72. The Morgan fingerprint density at radius 2 is 2.15 bits per heavy atom. The number of phenolic OH excluding ortho intramolecular Hbond substituents is 1. The number of hydrazone groups is 1. The number of nitrogens with one attached hydrogen (secondary N) is 2. The van der Waals surface area contributed by atoms with Crippen molar-refractivity contribution in [3.05, 3.63) is 42.0 Å². The van der Waals surface area contributed by atoms with Crippen molar-refractivity contribution in [1.29, 1.82) is 0 Å². The van der Waals surface area contributed by atoms with Crippen LogP contribution in [0.4, 0.5) is 0 Å². The molecule has 1 aromatic carbocycles. The van der Waals surface area contributed by atoms with E-state index in [2.05, 4.69) is 28.0 Å². The summed E-state index contributed by atoms with van der Waals surface area (Å²) in [5, 5.41) is 17.5. The van der Waals surface area contributed by atoms with Crippen LogP contribution >= 0.6 is 12.2 Å². The fourth-order valence-corrected chi connectivity index (χ4v) is 3.11. The van der Waals surface area contributed by atoms with Gasteiger partial charge in [0.1, 0.15) is 5.75 Å². The number of fused-ring (bicyclic) bond motifs is 2. The summed E-state index contributed by atoms with van der Waals surface area (Å²) in [6.45, 7) is 0. The van der Waals surface area contributed by atoms with Crippen LogP contribution in [0.2, 0.25) is 0 Å². The molecule has 3 rings (SSSR count). The molecule has 1 aromatic rings. The number of aromatic hydroxyl groups is 1. The second kappa shape index (κ2) is 5.63. The number of hydrogen-bond donors (Lipinski definition) is 3. The molecule has 0 spiro atoms. The number of para-hydroxylation sites is 1. The number of rotatable bonds is 3. The lowest BCUT2D eigenvalue weighted by Crippen LogP contribution is -2.42. The number of phenols is 1. The van der Waals surface area contributed by atoms with Gasteiger partial charge >= 0.3 is 0 Å². The number of thiocarbonyl (C=S) groups is 1. The van der Waals surface area contributed by atoms with Crippen LogP contribution in [0, 0.1) is 11.8 Å². The molecule has 2 aliphatic rings. The number of nitrogens with zero attached hydrogens (tertiary/aromatic N) is 1. The van der Waals surface area contributed by atoms with Crippen LogP contribution in [0.15, 0.2) is 41.5 Å². The third kappa shape index (κ3) is 2.82. The van der Waals surface area contributed by atoms with Gasteiger partial charge in [0.25, 0.3) is 0 Å². The lowest BCUT2D eigenvalue weighted by molar-refractivity contribution is 0.474. The van der Waals surface area contributed by atoms with Crippen LogP contribution in [-0.2, 0) is 0 Å². The van der Waals surface area contributed by atoms with Crippen LogP contribution in [0.1, 0.15) is 18.4 Å². The van der Waals surface area contributed by atoms with Gasteiger partial charge in [-0.2, -0.15) is 5.10 Å². The van der Waals surface area contributed by atoms with E-state index in [4.69, 9.17) is 12.2 Å². The van der Waals surface area contributed by atoms with Gasteiger partial charge in [-0.1, -0.05) is 24.3 Å². The highest BCUT2D eigenvalue weighted by atomic mass is 32.1. The molecule has 20 heavy (non-hydrogen) atoms. The average Bonchev–Trinajstić information content (AvgIpc) is 3.03. The molecule has 1 saturated carbocycles. The second-order valence-electron chi connectivity index (χ2n) is 5.29. The van der Waals surface area contributed by atoms with E-state index in [1.807, 2.05) is 6.07 Å². The summed E-state index contributed by atoms with van der Waals surface area (Å²) in [4.78, 5) is 0. The van der Waals surface area contributed by atoms with E-state index < -0.39 is 0 Å². The van der Waals surface area contributed by atoms with E-state index in [-0.39, 0.29) is 5.75 Å². The molecule has 3 N–H and O–H groups in total. The monoisotopic (exact) mass is 287 g/mol. The molecule has 2 aliphatic carbocycles. The van der Waals surface area contributed by atoms with Crippen LogP contribution < -0.4 is 10.7 Å². The van der Waals surface area contributed by atoms with Gasteiger partial charge < -0.3 is 10.4 Å². The molecule has 1 fully saturated rings. The molecular weight excluding hydrogens is 270 g/mol. The zero-order valence-corrected chi connectivity index (χ0v) is 11.8. The highest BCUT2D eigenvalue weighted by molar-refractivity contribution is 7.80. The first-order valence-corrected chi connectivity index (χ1v) is 7.19. The Kier molecular flexibility index (Phi) is 3.69. The van der Waals surface area contributed by atoms with Crippen molar-refractivity contribution in [3.63, 3.8) is 0 Å². The van der Waals surface area contributed by atoms with E-state index in [9.17, 15) is 5.11 Å². The summed E-state index contributed by atoms with van der Waals surface area (Å²) >= 11 is 5.23. The van der Waals surface area contributed by atoms with Crippen molar-refractivity contribution in [2.75, 3.05) is 0 Å². The van der Waals surface area contributed by atoms with Gasteiger partial charge in [-0.05, 0) is 49.0 Å². The highest BCUT2D eigenvalue weighted by Crippen LogP contribution is 2.38. The maximum absolute atomic E-state index is 9.60. The molecular formula is C15H17N3OS. The molecule has 0 aliphatic heterocycles. The summed E-state index contributed by atoms with van der Waals surface area (Å²) in [7, 11) is 0. The lowest BCUT2D eigenvalue weighted by atomic mass is 10.0. The quantitative estimate of drug-likeness (QED) is 0.345. The Bertz CT molecular complexity index is 570. The SMILES string of the molecule is Oc1ccccc1/C=N\NC(=S)N[C@@H]1C[C@@H]2C=C[C@H]1C2. The van der Waals surface area contributed by atoms with Crippen LogP contribution in [-0.4, -0.2) is 22.5 Å². The number of allylic oxidation sites excluding steroid dienone is 1. The Morgan fingerprint density at radius 1 is 1.30 bits per heavy atom. The molecule has 0 amide bonds. The standard InChI is InChI=1S/C15H17N3OS/c19-14-4-2-1-3-12(14)9-16-18-15(20)17-13-8-10-5-6-11(13)7-10/h1-6,9-11,13,19H,7-8H2,(H2,17,18,20)/b16-9-/t10-,11+,13-/m1/s1. The first-order valence-electron chi connectivity index (χ1n) is 6.78. The van der Waals surface area contributed by atoms with Gasteiger partial charge in [-0.25, -0.2) is 0 Å². The Hall–Kier alpha value is -1.88. The first kappa shape index (κ1) is 13.1. The second-order valence-corrected chi connectivity index (χ2v) is 5.70. The number of hydrogen-bond acceptors (Lipinski definition) is 3. The summed E-state index contributed by atoms with van der Waals surface area (Å²) in [5.74, 6) is 1.52. The molecule has 0 unspecified atom stereocenters. The maximum Gasteiger partial charge on any atom is 0.187 e. The molecule has 0 radical (unpaired) electrons. The molecule has 0 heterocycles. The zero-order chi connectivity index (χ0) is 13.9. The van der Waals surface area contributed by atoms with Crippen molar-refractivity contribution in [1.82, 2.24) is 10.7 Å². The average molecular weight is 287 g/mol. The van der Waals surface area contributed by atoms with Crippen LogP contribution in [0.3, 0.4) is 0 Å². The summed E-state index contributed by atoms with van der Waals surface area (Å²) in [6.07, 6.45) is 8.52. The molecule has 0 saturated heterocycles. The highest BCUT2D eigenvalue weighted by Gasteiger charge is 2.35. The zero-order valence-electron chi connectivity index (χ0n) is 11.0. The van der Waals surface area contributed by atoms with E-state index in [0.29, 0.717) is 28.6 Å². The van der Waals surface area contributed by atoms with E-state index in [1.165, 1.54) is 6.42 Å². The normalized spacial score (nSPS) is 27.1. The molecule has 0 aromatic heterocycles. The lowest BCUT2D eigenvalue weighted by Gasteiger charge is -2.20. The largest absolute Gasteiger partial charge is 0.507 e. The fraction of sp³-hybridized carbons (Fsp3) is 0.333. The van der Waals surface area contributed by atoms with Crippen LogP contribution in [0.25, 0.3) is 0 Å².